The predicted molar refractivity (Wildman–Crippen MR) is 144 cm³/mol. The molecule has 1 aliphatic heterocycles. The Kier molecular flexibility index (Phi) is 8.63. The minimum absolute atomic E-state index is 0.0551. The monoisotopic (exact) mass is 692 g/mol. The van der Waals surface area contributed by atoms with Crippen LogP contribution in [0.15, 0.2) is 41.3 Å². The molecule has 0 saturated carbocycles. The Hall–Kier alpha value is -3.02. The molecule has 0 amide bonds. The Morgan fingerprint density at radius 1 is 1.19 bits per heavy atom. The zero-order valence-electron chi connectivity index (χ0n) is 22.5. The Morgan fingerprint density at radius 3 is 2.56 bits per heavy atom. The van der Waals surface area contributed by atoms with Gasteiger partial charge < -0.3 is 19.7 Å². The largest absolute Gasteiger partial charge is 0.435 e. The lowest BCUT2D eigenvalue weighted by Gasteiger charge is -2.45. The molecule has 1 aromatic carbocycles. The van der Waals surface area contributed by atoms with Crippen molar-refractivity contribution in [2.45, 2.75) is 56.6 Å². The third-order valence-corrected chi connectivity index (χ3v) is 7.67. The van der Waals surface area contributed by atoms with Crippen molar-refractivity contribution in [1.82, 2.24) is 29.5 Å². The summed E-state index contributed by atoms with van der Waals surface area (Å²) in [5.41, 5.74) is -1.79. The van der Waals surface area contributed by atoms with Crippen LogP contribution in [0.3, 0.4) is 0 Å². The maximum atomic E-state index is 14.7. The molecule has 5 rings (SSSR count). The number of aliphatic hydroxyl groups excluding tert-OH is 2. The van der Waals surface area contributed by atoms with E-state index < -0.39 is 70.8 Å². The van der Waals surface area contributed by atoms with Crippen LogP contribution in [0.5, 0.6) is 0 Å². The highest BCUT2D eigenvalue weighted by atomic mass is 79.9. The topological polar surface area (TPSA) is 120 Å². The lowest BCUT2D eigenvalue weighted by Crippen LogP contribution is -2.56. The molecule has 4 heterocycles. The van der Waals surface area contributed by atoms with Gasteiger partial charge in [0.05, 0.1) is 23.0 Å². The number of ether oxygens (including phenoxy) is 2. The molecule has 3 aromatic heterocycles. The van der Waals surface area contributed by atoms with E-state index >= 15 is 0 Å². The highest BCUT2D eigenvalue weighted by Crippen LogP contribution is 2.42. The van der Waals surface area contributed by atoms with E-state index in [1.807, 2.05) is 0 Å². The second-order valence-electron chi connectivity index (χ2n) is 9.82. The number of hydrogen-bond donors (Lipinski definition) is 2. The molecule has 43 heavy (non-hydrogen) atoms. The van der Waals surface area contributed by atoms with Gasteiger partial charge in [-0.3, -0.25) is 4.68 Å². The molecule has 1 saturated heterocycles. The van der Waals surface area contributed by atoms with Gasteiger partial charge in [-0.2, -0.15) is 23.4 Å². The number of benzene rings is 1. The number of aromatic nitrogens is 6. The van der Waals surface area contributed by atoms with E-state index in [0.29, 0.717) is 0 Å². The van der Waals surface area contributed by atoms with Gasteiger partial charge in [-0.15, -0.1) is 0 Å². The molecule has 0 bridgehead atoms. The summed E-state index contributed by atoms with van der Waals surface area (Å²) >= 11 is 8.80. The van der Waals surface area contributed by atoms with Crippen LogP contribution in [0, 0.1) is 18.6 Å². The summed E-state index contributed by atoms with van der Waals surface area (Å²) in [4.78, 5) is 7.79. The predicted octanol–water partition coefficient (Wildman–Crippen LogP) is 4.99. The molecule has 4 unspecified atom stereocenters. The van der Waals surface area contributed by atoms with Gasteiger partial charge in [0.1, 0.15) is 36.3 Å². The zero-order valence-corrected chi connectivity index (χ0v) is 24.8. The molecule has 4 aromatic rings. The highest BCUT2D eigenvalue weighted by Gasteiger charge is 2.51. The van der Waals surface area contributed by atoms with Crippen LogP contribution in [0.4, 0.5) is 22.0 Å². The second-order valence-corrected chi connectivity index (χ2v) is 11.1. The first-order valence-electron chi connectivity index (χ1n) is 12.6. The van der Waals surface area contributed by atoms with Crippen molar-refractivity contribution in [3.05, 3.63) is 75.3 Å². The van der Waals surface area contributed by atoms with Crippen molar-refractivity contribution in [2.24, 2.45) is 0 Å². The summed E-state index contributed by atoms with van der Waals surface area (Å²) in [5, 5.41) is 30.3. The SMILES string of the molecule is CO[C@H]1C(C(C)O)O[C@@H](c2nc(C)nn2-c2cc(Br)cnc2C(F)(F)F)C(O)C1n1cc(-c2ccc(Cl)c(F)c2F)cn1. The molecule has 230 valence electrons. The third kappa shape index (κ3) is 5.79. The smallest absolute Gasteiger partial charge is 0.391 e. The molecule has 0 spiro atoms. The Bertz CT molecular complexity index is 1650. The molecule has 10 nitrogen and oxygen atoms in total. The lowest BCUT2D eigenvalue weighted by atomic mass is 9.89. The van der Waals surface area contributed by atoms with E-state index in [-0.39, 0.29) is 27.2 Å². The van der Waals surface area contributed by atoms with Crippen molar-refractivity contribution < 1.29 is 41.6 Å². The Balaban J connectivity index is 1.63. The van der Waals surface area contributed by atoms with Gasteiger partial charge in [-0.1, -0.05) is 11.6 Å². The summed E-state index contributed by atoms with van der Waals surface area (Å²) in [6.07, 6.45) is -7.87. The van der Waals surface area contributed by atoms with Crippen molar-refractivity contribution in [3.63, 3.8) is 0 Å². The first-order valence-corrected chi connectivity index (χ1v) is 13.8. The number of methoxy groups -OCH3 is 1. The highest BCUT2D eigenvalue weighted by molar-refractivity contribution is 9.10. The van der Waals surface area contributed by atoms with Crippen LogP contribution in [-0.4, -0.2) is 71.3 Å². The first-order chi connectivity index (χ1) is 20.2. The van der Waals surface area contributed by atoms with E-state index in [1.54, 1.807) is 0 Å². The number of alkyl halides is 3. The van der Waals surface area contributed by atoms with Crippen molar-refractivity contribution >= 4 is 27.5 Å². The Labute approximate surface area is 254 Å². The molecule has 1 aliphatic rings. The molecular formula is C26H23BrClF5N6O4. The van der Waals surface area contributed by atoms with Gasteiger partial charge in [0.2, 0.25) is 0 Å². The number of aryl methyl sites for hydroxylation is 1. The van der Waals surface area contributed by atoms with Gasteiger partial charge in [0.25, 0.3) is 0 Å². The quantitative estimate of drug-likeness (QED) is 0.214. The fraction of sp³-hybridized carbons (Fsp3) is 0.385. The van der Waals surface area contributed by atoms with Crippen LogP contribution in [-0.2, 0) is 15.7 Å². The van der Waals surface area contributed by atoms with Crippen molar-refractivity contribution in [2.75, 3.05) is 7.11 Å². The summed E-state index contributed by atoms with van der Waals surface area (Å²) < 4.78 is 84.7. The average molecular weight is 694 g/mol. The van der Waals surface area contributed by atoms with Gasteiger partial charge in [-0.05, 0) is 48.0 Å². The molecule has 0 radical (unpaired) electrons. The normalized spacial score (nSPS) is 23.5. The second kappa shape index (κ2) is 11.8. The molecule has 1 fully saturated rings. The fourth-order valence-corrected chi connectivity index (χ4v) is 5.53. The van der Waals surface area contributed by atoms with Crippen LogP contribution in [0.25, 0.3) is 16.8 Å². The lowest BCUT2D eigenvalue weighted by molar-refractivity contribution is -0.230. The van der Waals surface area contributed by atoms with Gasteiger partial charge in [-0.25, -0.2) is 23.4 Å². The van der Waals surface area contributed by atoms with E-state index in [2.05, 4.69) is 36.1 Å². The van der Waals surface area contributed by atoms with Crippen molar-refractivity contribution in [1.29, 1.82) is 0 Å². The summed E-state index contributed by atoms with van der Waals surface area (Å²) in [6.45, 7) is 2.84. The molecule has 0 aliphatic carbocycles. The number of hydrogen-bond acceptors (Lipinski definition) is 8. The van der Waals surface area contributed by atoms with Crippen LogP contribution < -0.4 is 0 Å². The molecule has 6 atom stereocenters. The summed E-state index contributed by atoms with van der Waals surface area (Å²) in [7, 11) is 1.30. The van der Waals surface area contributed by atoms with Crippen molar-refractivity contribution in [3.8, 4) is 16.8 Å². The standard InChI is InChI=1S/C26H23BrClF5N6O4/c1-10(40)21-22(42-3)19(38-9-12(7-35-38)14-4-5-15(28)18(30)17(14)29)20(41)23(43-21)25-36-11(2)37-39(25)16-6-13(27)8-34-24(16)26(31,32)33/h4-10,19-23,40-41H,1-3H3/t10?,19?,20?,21?,22-,23-/m1/s1. The van der Waals surface area contributed by atoms with Crippen LogP contribution in [0.2, 0.25) is 5.02 Å². The number of halogens is 7. The number of pyridine rings is 1. The molecule has 17 heteroatoms. The number of aliphatic hydroxyl groups is 2. The minimum atomic E-state index is -4.87. The van der Waals surface area contributed by atoms with E-state index in [1.165, 1.54) is 50.2 Å². The van der Waals surface area contributed by atoms with E-state index in [0.717, 1.165) is 16.9 Å². The van der Waals surface area contributed by atoms with E-state index in [9.17, 15) is 32.2 Å². The molecular weight excluding hydrogens is 671 g/mol. The first kappa shape index (κ1) is 31.4. The van der Waals surface area contributed by atoms with Gasteiger partial charge >= 0.3 is 6.18 Å². The molecule has 2 N–H and O–H groups in total. The zero-order chi connectivity index (χ0) is 31.4. The minimum Gasteiger partial charge on any atom is -0.391 e. The summed E-state index contributed by atoms with van der Waals surface area (Å²) in [6, 6.07) is 2.41. The van der Waals surface area contributed by atoms with Crippen LogP contribution >= 0.6 is 27.5 Å². The maximum absolute atomic E-state index is 14.7. The third-order valence-electron chi connectivity index (χ3n) is 6.95. The fourth-order valence-electron chi connectivity index (χ4n) is 5.07. The number of nitrogens with zero attached hydrogens (tertiary/aromatic N) is 6. The van der Waals surface area contributed by atoms with E-state index in [4.69, 9.17) is 21.1 Å². The Morgan fingerprint density at radius 2 is 1.91 bits per heavy atom. The summed E-state index contributed by atoms with van der Waals surface area (Å²) in [5.74, 6) is -2.63. The van der Waals surface area contributed by atoms with Crippen LogP contribution in [0.1, 0.15) is 36.4 Å². The van der Waals surface area contributed by atoms with Gasteiger partial charge in [0, 0.05) is 35.1 Å². The van der Waals surface area contributed by atoms with Gasteiger partial charge in [0.15, 0.2) is 23.2 Å². The average Bonchev–Trinajstić information content (AvgIpc) is 3.57. The number of rotatable bonds is 6. The maximum Gasteiger partial charge on any atom is 0.435 e.